The van der Waals surface area contributed by atoms with E-state index >= 15 is 0 Å². The summed E-state index contributed by atoms with van der Waals surface area (Å²) >= 11 is 0. The topological polar surface area (TPSA) is 92.5 Å². The minimum Gasteiger partial charge on any atom is -0.360 e. The quantitative estimate of drug-likeness (QED) is 0.906. The van der Waals surface area contributed by atoms with Crippen LogP contribution in [0.15, 0.2) is 33.7 Å². The van der Waals surface area contributed by atoms with Crippen LogP contribution >= 0.6 is 0 Å². The Bertz CT molecular complexity index is 806. The molecule has 0 radical (unpaired) electrons. The van der Waals surface area contributed by atoms with Gasteiger partial charge >= 0.3 is 0 Å². The van der Waals surface area contributed by atoms with Crippen molar-refractivity contribution >= 4 is 27.3 Å². The van der Waals surface area contributed by atoms with Gasteiger partial charge < -0.3 is 9.84 Å². The van der Waals surface area contributed by atoms with Crippen molar-refractivity contribution in [3.63, 3.8) is 0 Å². The maximum Gasteiger partial charge on any atom is 0.270 e. The third-order valence-corrected chi connectivity index (χ3v) is 5.25. The van der Waals surface area contributed by atoms with Crippen LogP contribution in [0.2, 0.25) is 0 Å². The minimum atomic E-state index is -3.91. The van der Waals surface area contributed by atoms with Crippen molar-refractivity contribution in [2.45, 2.75) is 18.7 Å². The standard InChI is InChI=1S/C13H13N3O4S/c1-8-13(9(2)20-15-8)21(18,19)16-7-12(17)14-10-5-3-4-6-11(10)16/h3-6H,7H2,1-2H3,(H,14,17). The van der Waals surface area contributed by atoms with Crippen LogP contribution < -0.4 is 9.62 Å². The number of nitrogens with one attached hydrogen (secondary N) is 1. The van der Waals surface area contributed by atoms with Gasteiger partial charge in [0.25, 0.3) is 10.0 Å². The molecule has 1 aliphatic rings. The monoisotopic (exact) mass is 307 g/mol. The molecule has 0 saturated carbocycles. The number of aryl methyl sites for hydroxylation is 2. The smallest absolute Gasteiger partial charge is 0.270 e. The molecule has 2 aromatic rings. The minimum absolute atomic E-state index is 0.00648. The number of nitrogens with zero attached hydrogens (tertiary/aromatic N) is 2. The van der Waals surface area contributed by atoms with E-state index in [-0.39, 0.29) is 28.8 Å². The van der Waals surface area contributed by atoms with Gasteiger partial charge in [-0.05, 0) is 26.0 Å². The van der Waals surface area contributed by atoms with E-state index in [0.717, 1.165) is 4.31 Å². The van der Waals surface area contributed by atoms with Gasteiger partial charge in [0, 0.05) is 0 Å². The number of hydrogen-bond donors (Lipinski definition) is 1. The lowest BCUT2D eigenvalue weighted by Crippen LogP contribution is -2.42. The lowest BCUT2D eigenvalue weighted by Gasteiger charge is -2.29. The number of amides is 1. The summed E-state index contributed by atoms with van der Waals surface area (Å²) in [4.78, 5) is 11.8. The number of rotatable bonds is 2. The van der Waals surface area contributed by atoms with E-state index < -0.39 is 10.0 Å². The first kappa shape index (κ1) is 13.6. The normalized spacial score (nSPS) is 14.8. The van der Waals surface area contributed by atoms with Crippen molar-refractivity contribution in [2.75, 3.05) is 16.2 Å². The number of aromatic nitrogens is 1. The SMILES string of the molecule is Cc1noc(C)c1S(=O)(=O)N1CC(=O)Nc2ccccc21. The highest BCUT2D eigenvalue weighted by atomic mass is 32.2. The number of benzene rings is 1. The third-order valence-electron chi connectivity index (χ3n) is 3.25. The number of anilines is 2. The second-order valence-corrected chi connectivity index (χ2v) is 6.53. The zero-order valence-corrected chi connectivity index (χ0v) is 12.3. The molecule has 1 amide bonds. The molecule has 21 heavy (non-hydrogen) atoms. The largest absolute Gasteiger partial charge is 0.360 e. The molecule has 0 fully saturated rings. The van der Waals surface area contributed by atoms with Crippen molar-refractivity contribution in [1.29, 1.82) is 0 Å². The molecule has 3 rings (SSSR count). The average molecular weight is 307 g/mol. The highest BCUT2D eigenvalue weighted by Gasteiger charge is 2.36. The molecular formula is C13H13N3O4S. The van der Waals surface area contributed by atoms with Crippen LogP contribution in [0, 0.1) is 13.8 Å². The van der Waals surface area contributed by atoms with E-state index in [1.54, 1.807) is 31.2 Å². The molecule has 0 spiro atoms. The van der Waals surface area contributed by atoms with Crippen molar-refractivity contribution in [3.8, 4) is 0 Å². The van der Waals surface area contributed by atoms with Gasteiger partial charge in [-0.25, -0.2) is 8.42 Å². The Hall–Kier alpha value is -2.35. The molecule has 1 aliphatic heterocycles. The lowest BCUT2D eigenvalue weighted by molar-refractivity contribution is -0.115. The van der Waals surface area contributed by atoms with Crippen molar-refractivity contribution in [3.05, 3.63) is 35.7 Å². The molecule has 1 aromatic heterocycles. The zero-order valence-electron chi connectivity index (χ0n) is 11.5. The van der Waals surface area contributed by atoms with E-state index in [4.69, 9.17) is 4.52 Å². The summed E-state index contributed by atoms with van der Waals surface area (Å²) in [6.45, 7) is 2.81. The van der Waals surface area contributed by atoms with E-state index in [1.165, 1.54) is 6.92 Å². The van der Waals surface area contributed by atoms with E-state index in [9.17, 15) is 13.2 Å². The molecule has 2 heterocycles. The Labute approximate surface area is 121 Å². The Morgan fingerprint density at radius 3 is 2.67 bits per heavy atom. The fraction of sp³-hybridized carbons (Fsp3) is 0.231. The number of carbonyl (C=O) groups excluding carboxylic acids is 1. The van der Waals surface area contributed by atoms with Gasteiger partial charge in [0.2, 0.25) is 5.91 Å². The second kappa shape index (κ2) is 4.59. The summed E-state index contributed by atoms with van der Waals surface area (Å²) in [5, 5.41) is 6.32. The molecule has 0 atom stereocenters. The van der Waals surface area contributed by atoms with Crippen molar-refractivity contribution in [1.82, 2.24) is 5.16 Å². The van der Waals surface area contributed by atoms with Gasteiger partial charge in [0.1, 0.15) is 12.2 Å². The van der Waals surface area contributed by atoms with Gasteiger partial charge in [0.15, 0.2) is 10.7 Å². The van der Waals surface area contributed by atoms with Crippen LogP contribution in [-0.4, -0.2) is 26.0 Å². The number of fused-ring (bicyclic) bond motifs is 1. The first-order valence-electron chi connectivity index (χ1n) is 6.26. The summed E-state index contributed by atoms with van der Waals surface area (Å²) < 4.78 is 31.7. The Kier molecular flexibility index (Phi) is 2.98. The average Bonchev–Trinajstić information content (AvgIpc) is 2.77. The molecule has 0 saturated heterocycles. The molecule has 110 valence electrons. The highest BCUT2D eigenvalue weighted by molar-refractivity contribution is 7.93. The fourth-order valence-electron chi connectivity index (χ4n) is 2.37. The summed E-state index contributed by atoms with van der Waals surface area (Å²) in [7, 11) is -3.91. The summed E-state index contributed by atoms with van der Waals surface area (Å²) in [5.41, 5.74) is 1.16. The Morgan fingerprint density at radius 1 is 1.29 bits per heavy atom. The Balaban J connectivity index is 2.19. The number of sulfonamides is 1. The van der Waals surface area contributed by atoms with Crippen LogP contribution in [-0.2, 0) is 14.8 Å². The molecule has 8 heteroatoms. The maximum atomic E-state index is 12.8. The lowest BCUT2D eigenvalue weighted by atomic mass is 10.2. The van der Waals surface area contributed by atoms with Crippen LogP contribution in [0.1, 0.15) is 11.5 Å². The first-order chi connectivity index (χ1) is 9.91. The molecule has 7 nitrogen and oxygen atoms in total. The van der Waals surface area contributed by atoms with Gasteiger partial charge in [0.05, 0.1) is 11.4 Å². The number of hydrogen-bond acceptors (Lipinski definition) is 5. The molecular weight excluding hydrogens is 294 g/mol. The van der Waals surface area contributed by atoms with Gasteiger partial charge in [-0.2, -0.15) is 0 Å². The first-order valence-corrected chi connectivity index (χ1v) is 7.70. The highest BCUT2D eigenvalue weighted by Crippen LogP contribution is 2.34. The summed E-state index contributed by atoms with van der Waals surface area (Å²) in [5.74, 6) is -0.181. The number of para-hydroxylation sites is 2. The molecule has 1 N–H and O–H groups in total. The molecule has 0 bridgehead atoms. The van der Waals surface area contributed by atoms with Gasteiger partial charge in [-0.15, -0.1) is 0 Å². The van der Waals surface area contributed by atoms with Gasteiger partial charge in [-0.1, -0.05) is 17.3 Å². The maximum absolute atomic E-state index is 12.8. The van der Waals surface area contributed by atoms with Crippen LogP contribution in [0.5, 0.6) is 0 Å². The van der Waals surface area contributed by atoms with E-state index in [1.807, 2.05) is 0 Å². The molecule has 0 unspecified atom stereocenters. The third kappa shape index (κ3) is 2.07. The number of carbonyl (C=O) groups is 1. The summed E-state index contributed by atoms with van der Waals surface area (Å²) in [6.07, 6.45) is 0. The second-order valence-electron chi connectivity index (χ2n) is 4.73. The van der Waals surface area contributed by atoms with Crippen LogP contribution in [0.3, 0.4) is 0 Å². The summed E-state index contributed by atoms with van der Waals surface area (Å²) in [6, 6.07) is 6.74. The fourth-order valence-corrected chi connectivity index (χ4v) is 4.11. The molecule has 0 aliphatic carbocycles. The van der Waals surface area contributed by atoms with E-state index in [0.29, 0.717) is 11.4 Å². The van der Waals surface area contributed by atoms with Gasteiger partial charge in [-0.3, -0.25) is 9.10 Å². The van der Waals surface area contributed by atoms with Crippen LogP contribution in [0.4, 0.5) is 11.4 Å². The Morgan fingerprint density at radius 2 is 2.00 bits per heavy atom. The predicted octanol–water partition coefficient (Wildman–Crippen LogP) is 1.44. The van der Waals surface area contributed by atoms with Crippen molar-refractivity contribution < 1.29 is 17.7 Å². The van der Waals surface area contributed by atoms with E-state index in [2.05, 4.69) is 10.5 Å². The van der Waals surface area contributed by atoms with Crippen molar-refractivity contribution in [2.24, 2.45) is 0 Å². The predicted molar refractivity (Wildman–Crippen MR) is 75.6 cm³/mol. The zero-order chi connectivity index (χ0) is 15.2. The molecule has 1 aromatic carbocycles. The van der Waals surface area contributed by atoms with Crippen LogP contribution in [0.25, 0.3) is 0 Å².